The molecule has 1 aliphatic heterocycles. The van der Waals surface area contributed by atoms with Gasteiger partial charge in [0.15, 0.2) is 5.89 Å². The van der Waals surface area contributed by atoms with Crippen molar-refractivity contribution in [2.75, 3.05) is 17.2 Å². The third kappa shape index (κ3) is 2.05. The molecule has 0 aliphatic carbocycles. The second-order valence-electron chi connectivity index (χ2n) is 5.10. The van der Waals surface area contributed by atoms with Crippen LogP contribution in [0.4, 0.5) is 11.4 Å². The molecule has 2 aromatic rings. The Bertz CT molecular complexity index is 676. The van der Waals surface area contributed by atoms with Crippen LogP contribution in [0.25, 0.3) is 0 Å². The molecule has 0 radical (unpaired) electrons. The molecule has 104 valence electrons. The molecule has 1 aromatic heterocycles. The monoisotopic (exact) mass is 271 g/mol. The van der Waals surface area contributed by atoms with E-state index in [0.717, 1.165) is 24.1 Å². The number of hydrogen-bond donors (Lipinski definition) is 1. The van der Waals surface area contributed by atoms with Crippen LogP contribution in [0, 0.1) is 13.8 Å². The highest BCUT2D eigenvalue weighted by Crippen LogP contribution is 2.30. The van der Waals surface area contributed by atoms with Crippen molar-refractivity contribution in [3.05, 3.63) is 41.1 Å². The lowest BCUT2D eigenvalue weighted by atomic mass is 10.0. The lowest BCUT2D eigenvalue weighted by Crippen LogP contribution is -2.35. The third-order valence-electron chi connectivity index (χ3n) is 3.57. The van der Waals surface area contributed by atoms with Gasteiger partial charge in [-0.05, 0) is 37.5 Å². The second-order valence-corrected chi connectivity index (χ2v) is 5.10. The van der Waals surface area contributed by atoms with Crippen molar-refractivity contribution in [1.29, 1.82) is 0 Å². The normalized spacial score (nSPS) is 14.2. The van der Waals surface area contributed by atoms with Crippen LogP contribution in [-0.2, 0) is 6.42 Å². The molecule has 2 N–H and O–H groups in total. The van der Waals surface area contributed by atoms with Gasteiger partial charge in [-0.3, -0.25) is 4.79 Å². The summed E-state index contributed by atoms with van der Waals surface area (Å²) in [5, 5.41) is 0. The number of anilines is 2. The van der Waals surface area contributed by atoms with Crippen LogP contribution < -0.4 is 10.6 Å². The summed E-state index contributed by atoms with van der Waals surface area (Å²) in [4.78, 5) is 18.6. The zero-order valence-corrected chi connectivity index (χ0v) is 11.6. The number of rotatable bonds is 1. The standard InChI is InChI=1S/C15H17N3O2/c1-9-14(20-10(2)17-9)15(19)18-7-3-4-11-5-6-12(16)8-13(11)18/h5-6,8H,3-4,7,16H2,1-2H3. The predicted molar refractivity (Wildman–Crippen MR) is 76.8 cm³/mol. The van der Waals surface area contributed by atoms with Gasteiger partial charge in [0.2, 0.25) is 5.76 Å². The molecule has 0 bridgehead atoms. The van der Waals surface area contributed by atoms with Crippen LogP contribution in [0.5, 0.6) is 0 Å². The Hall–Kier alpha value is -2.30. The maximum Gasteiger partial charge on any atom is 0.295 e. The van der Waals surface area contributed by atoms with E-state index in [-0.39, 0.29) is 5.91 Å². The van der Waals surface area contributed by atoms with E-state index in [9.17, 15) is 4.79 Å². The fraction of sp³-hybridized carbons (Fsp3) is 0.333. The molecule has 0 spiro atoms. The number of hydrogen-bond acceptors (Lipinski definition) is 4. The molecule has 5 nitrogen and oxygen atoms in total. The Balaban J connectivity index is 2.02. The summed E-state index contributed by atoms with van der Waals surface area (Å²) < 4.78 is 5.44. The lowest BCUT2D eigenvalue weighted by molar-refractivity contribution is 0.0956. The van der Waals surface area contributed by atoms with Crippen LogP contribution in [0.3, 0.4) is 0 Å². The van der Waals surface area contributed by atoms with Crippen molar-refractivity contribution in [3.63, 3.8) is 0 Å². The summed E-state index contributed by atoms with van der Waals surface area (Å²) >= 11 is 0. The molecule has 0 saturated heterocycles. The van der Waals surface area contributed by atoms with Gasteiger partial charge < -0.3 is 15.1 Å². The number of nitrogen functional groups attached to an aromatic ring is 1. The molecule has 1 amide bonds. The number of aromatic nitrogens is 1. The van der Waals surface area contributed by atoms with E-state index in [1.807, 2.05) is 18.2 Å². The Morgan fingerprint density at radius 1 is 1.40 bits per heavy atom. The predicted octanol–water partition coefficient (Wildman–Crippen LogP) is 2.47. The van der Waals surface area contributed by atoms with Crippen molar-refractivity contribution < 1.29 is 9.21 Å². The summed E-state index contributed by atoms with van der Waals surface area (Å²) in [7, 11) is 0. The molecular weight excluding hydrogens is 254 g/mol. The first-order chi connectivity index (χ1) is 9.56. The molecule has 1 aromatic carbocycles. The van der Waals surface area contributed by atoms with Crippen molar-refractivity contribution in [3.8, 4) is 0 Å². The van der Waals surface area contributed by atoms with Crippen LogP contribution in [0.15, 0.2) is 22.6 Å². The molecule has 2 heterocycles. The summed E-state index contributed by atoms with van der Waals surface area (Å²) in [5.41, 5.74) is 9.16. The number of aryl methyl sites for hydroxylation is 3. The molecule has 0 fully saturated rings. The lowest BCUT2D eigenvalue weighted by Gasteiger charge is -2.29. The number of amides is 1. The number of oxazole rings is 1. The van der Waals surface area contributed by atoms with E-state index in [1.165, 1.54) is 0 Å². The molecule has 0 saturated carbocycles. The zero-order chi connectivity index (χ0) is 14.3. The van der Waals surface area contributed by atoms with Gasteiger partial charge in [0.25, 0.3) is 5.91 Å². The van der Waals surface area contributed by atoms with Gasteiger partial charge in [-0.15, -0.1) is 0 Å². The molecule has 1 aliphatic rings. The molecule has 5 heteroatoms. The summed E-state index contributed by atoms with van der Waals surface area (Å²) in [6.07, 6.45) is 1.91. The van der Waals surface area contributed by atoms with Crippen LogP contribution in [-0.4, -0.2) is 17.4 Å². The average Bonchev–Trinajstić information content (AvgIpc) is 2.76. The highest BCUT2D eigenvalue weighted by Gasteiger charge is 2.27. The van der Waals surface area contributed by atoms with Gasteiger partial charge in [0.1, 0.15) is 0 Å². The zero-order valence-electron chi connectivity index (χ0n) is 11.6. The number of nitrogens with zero attached hydrogens (tertiary/aromatic N) is 2. The SMILES string of the molecule is Cc1nc(C)c(C(=O)N2CCCc3ccc(N)cc32)o1. The minimum atomic E-state index is -0.144. The summed E-state index contributed by atoms with van der Waals surface area (Å²) in [6.45, 7) is 4.20. The van der Waals surface area contributed by atoms with E-state index < -0.39 is 0 Å². The highest BCUT2D eigenvalue weighted by molar-refractivity contribution is 6.05. The summed E-state index contributed by atoms with van der Waals surface area (Å²) in [5.74, 6) is 0.683. The van der Waals surface area contributed by atoms with E-state index in [0.29, 0.717) is 29.6 Å². The van der Waals surface area contributed by atoms with Crippen molar-refractivity contribution in [1.82, 2.24) is 4.98 Å². The number of benzene rings is 1. The first-order valence-corrected chi connectivity index (χ1v) is 6.70. The minimum absolute atomic E-state index is 0.144. The van der Waals surface area contributed by atoms with E-state index in [1.54, 1.807) is 18.7 Å². The highest BCUT2D eigenvalue weighted by atomic mass is 16.4. The quantitative estimate of drug-likeness (QED) is 0.809. The first kappa shape index (κ1) is 12.7. The van der Waals surface area contributed by atoms with Gasteiger partial charge in [0.05, 0.1) is 5.69 Å². The van der Waals surface area contributed by atoms with Gasteiger partial charge in [-0.2, -0.15) is 0 Å². The van der Waals surface area contributed by atoms with Crippen molar-refractivity contribution in [2.24, 2.45) is 0 Å². The van der Waals surface area contributed by atoms with Gasteiger partial charge in [0, 0.05) is 24.8 Å². The number of nitrogens with two attached hydrogens (primary N) is 1. The van der Waals surface area contributed by atoms with Crippen molar-refractivity contribution >= 4 is 17.3 Å². The molecule has 20 heavy (non-hydrogen) atoms. The van der Waals surface area contributed by atoms with Crippen molar-refractivity contribution in [2.45, 2.75) is 26.7 Å². The topological polar surface area (TPSA) is 72.4 Å². The van der Waals surface area contributed by atoms with Gasteiger partial charge >= 0.3 is 0 Å². The van der Waals surface area contributed by atoms with Gasteiger partial charge in [-0.25, -0.2) is 4.98 Å². The molecule has 0 atom stereocenters. The smallest absolute Gasteiger partial charge is 0.295 e. The van der Waals surface area contributed by atoms with Crippen LogP contribution >= 0.6 is 0 Å². The average molecular weight is 271 g/mol. The number of carbonyl (C=O) groups is 1. The molecule has 0 unspecified atom stereocenters. The third-order valence-corrected chi connectivity index (χ3v) is 3.57. The fourth-order valence-corrected chi connectivity index (χ4v) is 2.65. The Morgan fingerprint density at radius 3 is 2.90 bits per heavy atom. The Morgan fingerprint density at radius 2 is 2.20 bits per heavy atom. The first-order valence-electron chi connectivity index (χ1n) is 6.70. The van der Waals surface area contributed by atoms with Crippen LogP contribution in [0.1, 0.15) is 34.1 Å². The van der Waals surface area contributed by atoms with Gasteiger partial charge in [-0.1, -0.05) is 6.07 Å². The maximum atomic E-state index is 12.7. The number of carbonyl (C=O) groups excluding carboxylic acids is 1. The minimum Gasteiger partial charge on any atom is -0.436 e. The fourth-order valence-electron chi connectivity index (χ4n) is 2.65. The number of fused-ring (bicyclic) bond motifs is 1. The second kappa shape index (κ2) is 4.67. The molecule has 3 rings (SSSR count). The van der Waals surface area contributed by atoms with E-state index in [4.69, 9.17) is 10.2 Å². The molecular formula is C15H17N3O2. The van der Waals surface area contributed by atoms with E-state index in [2.05, 4.69) is 4.98 Å². The van der Waals surface area contributed by atoms with Crippen LogP contribution in [0.2, 0.25) is 0 Å². The Labute approximate surface area is 117 Å². The van der Waals surface area contributed by atoms with E-state index >= 15 is 0 Å². The summed E-state index contributed by atoms with van der Waals surface area (Å²) in [6, 6.07) is 5.71. The Kier molecular flexibility index (Phi) is 2.97. The largest absolute Gasteiger partial charge is 0.436 e. The maximum absolute atomic E-state index is 12.7.